The van der Waals surface area contributed by atoms with E-state index >= 15 is 0 Å². The molecule has 0 bridgehead atoms. The monoisotopic (exact) mass is 483 g/mol. The Bertz CT molecular complexity index is 1030. The van der Waals surface area contributed by atoms with Gasteiger partial charge in [-0.05, 0) is 48.6 Å². The first-order valence-corrected chi connectivity index (χ1v) is 11.9. The number of carbonyl (C=O) groups is 3. The third-order valence-corrected chi connectivity index (χ3v) is 6.71. The van der Waals surface area contributed by atoms with E-state index in [0.717, 1.165) is 36.8 Å². The van der Waals surface area contributed by atoms with E-state index in [2.05, 4.69) is 15.7 Å². The molecule has 3 amide bonds. The molecule has 2 aliphatic rings. The van der Waals surface area contributed by atoms with Gasteiger partial charge in [0.05, 0.1) is 12.5 Å². The normalized spacial score (nSPS) is 18.9. The number of hydrogen-bond acceptors (Lipinski definition) is 6. The molecule has 1 aromatic heterocycles. The number of pyridine rings is 1. The maximum atomic E-state index is 13.4. The van der Waals surface area contributed by atoms with E-state index < -0.39 is 12.0 Å². The van der Waals surface area contributed by atoms with Crippen molar-refractivity contribution < 1.29 is 24.0 Å². The average Bonchev–Trinajstić information content (AvgIpc) is 3.56. The zero-order valence-corrected chi connectivity index (χ0v) is 19.4. The second-order valence-corrected chi connectivity index (χ2v) is 9.16. The molecule has 3 N–H and O–H groups in total. The van der Waals surface area contributed by atoms with E-state index in [-0.39, 0.29) is 30.6 Å². The van der Waals surface area contributed by atoms with Crippen LogP contribution in [0.3, 0.4) is 0 Å². The number of hydrogen-bond donors (Lipinski definition) is 3. The summed E-state index contributed by atoms with van der Waals surface area (Å²) in [5, 5.41) is 14.3. The summed E-state index contributed by atoms with van der Waals surface area (Å²) >= 11 is 0. The van der Waals surface area contributed by atoms with Crippen LogP contribution in [-0.4, -0.2) is 57.6 Å². The molecule has 0 spiro atoms. The molecular formula is C25H30FN5O4. The summed E-state index contributed by atoms with van der Waals surface area (Å²) in [6.07, 6.45) is 7.13. The Labute approximate surface area is 203 Å². The summed E-state index contributed by atoms with van der Waals surface area (Å²) in [6.45, 7) is 0.338. The van der Waals surface area contributed by atoms with Gasteiger partial charge in [0.25, 0.3) is 0 Å². The molecule has 9 nitrogen and oxygen atoms in total. The molecule has 2 unspecified atom stereocenters. The minimum Gasteiger partial charge on any atom is -0.309 e. The first-order chi connectivity index (χ1) is 16.9. The van der Waals surface area contributed by atoms with E-state index in [1.54, 1.807) is 30.5 Å². The topological polar surface area (TPSA) is 115 Å². The number of rotatable bonds is 9. The maximum Gasteiger partial charge on any atom is 0.250 e. The molecule has 2 atom stereocenters. The molecule has 4 rings (SSSR count). The Balaban J connectivity index is 1.41. The Morgan fingerprint density at radius 2 is 1.89 bits per heavy atom. The third-order valence-electron chi connectivity index (χ3n) is 6.71. The Morgan fingerprint density at radius 1 is 1.17 bits per heavy atom. The lowest BCUT2D eigenvalue weighted by molar-refractivity contribution is -0.159. The molecule has 0 radical (unpaired) electrons. The number of carbonyl (C=O) groups excluding carboxylic acids is 3. The first kappa shape index (κ1) is 24.7. The number of nitrogens with zero attached hydrogens (tertiary/aromatic N) is 3. The lowest BCUT2D eigenvalue weighted by Gasteiger charge is -2.29. The van der Waals surface area contributed by atoms with Gasteiger partial charge in [0, 0.05) is 18.3 Å². The van der Waals surface area contributed by atoms with Crippen LogP contribution in [-0.2, 0) is 14.4 Å². The van der Waals surface area contributed by atoms with Crippen molar-refractivity contribution in [1.29, 1.82) is 0 Å². The summed E-state index contributed by atoms with van der Waals surface area (Å²) in [4.78, 5) is 41.6. The number of hydrazine groups is 1. The van der Waals surface area contributed by atoms with Gasteiger partial charge in [-0.25, -0.2) is 19.9 Å². The molecule has 2 heterocycles. The average molecular weight is 484 g/mol. The lowest BCUT2D eigenvalue weighted by atomic mass is 9.92. The van der Waals surface area contributed by atoms with Crippen LogP contribution >= 0.6 is 0 Å². The molecule has 186 valence electrons. The minimum absolute atomic E-state index is 0.113. The summed E-state index contributed by atoms with van der Waals surface area (Å²) in [6, 6.07) is 8.73. The Hall–Kier alpha value is -3.37. The molecule has 1 saturated heterocycles. The number of aromatic nitrogens is 1. The quantitative estimate of drug-likeness (QED) is 0.287. The largest absolute Gasteiger partial charge is 0.309 e. The fraction of sp³-hybridized carbons (Fsp3) is 0.440. The fourth-order valence-electron chi connectivity index (χ4n) is 4.90. The Morgan fingerprint density at radius 3 is 2.54 bits per heavy atom. The number of amides is 3. The first-order valence-electron chi connectivity index (χ1n) is 11.9. The van der Waals surface area contributed by atoms with Gasteiger partial charge in [-0.2, -0.15) is 0 Å². The summed E-state index contributed by atoms with van der Waals surface area (Å²) in [5.74, 6) is -0.912. The number of hydroxylamine groups is 2. The van der Waals surface area contributed by atoms with E-state index in [1.807, 2.05) is 0 Å². The van der Waals surface area contributed by atoms with Crippen LogP contribution in [0, 0.1) is 17.7 Å². The van der Waals surface area contributed by atoms with Crippen LogP contribution in [0.25, 0.3) is 11.1 Å². The van der Waals surface area contributed by atoms with Crippen molar-refractivity contribution in [3.05, 3.63) is 48.4 Å². The lowest BCUT2D eigenvalue weighted by Crippen LogP contribution is -2.51. The van der Waals surface area contributed by atoms with Crippen LogP contribution in [0.1, 0.15) is 38.5 Å². The van der Waals surface area contributed by atoms with Crippen molar-refractivity contribution in [2.75, 3.05) is 18.4 Å². The zero-order chi connectivity index (χ0) is 24.8. The highest BCUT2D eigenvalue weighted by atomic mass is 19.1. The van der Waals surface area contributed by atoms with Gasteiger partial charge < -0.3 is 5.32 Å². The summed E-state index contributed by atoms with van der Waals surface area (Å²) in [5.41, 5.74) is 4.57. The Kier molecular flexibility index (Phi) is 8.04. The van der Waals surface area contributed by atoms with E-state index in [9.17, 15) is 24.0 Å². The number of halogens is 1. The van der Waals surface area contributed by atoms with Crippen LogP contribution in [0.4, 0.5) is 10.2 Å². The molecule has 35 heavy (non-hydrogen) atoms. The minimum atomic E-state index is -0.740. The highest BCUT2D eigenvalue weighted by Gasteiger charge is 2.39. The van der Waals surface area contributed by atoms with Gasteiger partial charge in [-0.15, -0.1) is 0 Å². The number of anilines is 1. The van der Waals surface area contributed by atoms with Crippen LogP contribution in [0.15, 0.2) is 42.6 Å². The van der Waals surface area contributed by atoms with Crippen molar-refractivity contribution in [2.24, 2.45) is 11.8 Å². The zero-order valence-electron chi connectivity index (χ0n) is 19.4. The smallest absolute Gasteiger partial charge is 0.250 e. The standard InChI is InChI=1S/C25H30FN5O4/c26-21-8-5-18(6-9-21)19-7-10-23(27-14-19)29-24(33)22-11-12-28-31(22)25(34)20(15-30(35)16-32)13-17-3-1-2-4-17/h5-10,14,16-17,20,22,28,35H,1-4,11-13,15H2,(H,27,29,33). The van der Waals surface area contributed by atoms with Gasteiger partial charge in [0.15, 0.2) is 0 Å². The van der Waals surface area contributed by atoms with Gasteiger partial charge in [-0.1, -0.05) is 37.8 Å². The summed E-state index contributed by atoms with van der Waals surface area (Å²) < 4.78 is 13.2. The van der Waals surface area contributed by atoms with Gasteiger partial charge in [0.2, 0.25) is 18.2 Å². The molecular weight excluding hydrogens is 453 g/mol. The van der Waals surface area contributed by atoms with Crippen molar-refractivity contribution >= 4 is 24.0 Å². The highest BCUT2D eigenvalue weighted by Crippen LogP contribution is 2.32. The van der Waals surface area contributed by atoms with Crippen molar-refractivity contribution in [3.63, 3.8) is 0 Å². The van der Waals surface area contributed by atoms with Crippen molar-refractivity contribution in [3.8, 4) is 11.1 Å². The molecule has 10 heteroatoms. The second-order valence-electron chi connectivity index (χ2n) is 9.16. The molecule has 1 saturated carbocycles. The van der Waals surface area contributed by atoms with Crippen LogP contribution in [0.5, 0.6) is 0 Å². The third kappa shape index (κ3) is 6.20. The van der Waals surface area contributed by atoms with Gasteiger partial charge in [0.1, 0.15) is 17.7 Å². The van der Waals surface area contributed by atoms with Gasteiger partial charge >= 0.3 is 0 Å². The predicted molar refractivity (Wildman–Crippen MR) is 126 cm³/mol. The molecule has 1 aliphatic heterocycles. The molecule has 1 aromatic carbocycles. The highest BCUT2D eigenvalue weighted by molar-refractivity contribution is 5.97. The molecule has 1 aliphatic carbocycles. The SMILES string of the molecule is O=CN(O)CC(CC1CCCC1)C(=O)N1NCCC1C(=O)Nc1ccc(-c2ccc(F)cc2)cn1. The van der Waals surface area contributed by atoms with E-state index in [1.165, 1.54) is 17.1 Å². The number of benzene rings is 1. The van der Waals surface area contributed by atoms with E-state index in [0.29, 0.717) is 36.2 Å². The molecule has 2 fully saturated rings. The summed E-state index contributed by atoms with van der Waals surface area (Å²) in [7, 11) is 0. The molecule has 2 aromatic rings. The van der Waals surface area contributed by atoms with Crippen molar-refractivity contribution in [1.82, 2.24) is 20.5 Å². The number of nitrogens with one attached hydrogen (secondary N) is 2. The second kappa shape index (κ2) is 11.4. The maximum absolute atomic E-state index is 13.4. The predicted octanol–water partition coefficient (Wildman–Crippen LogP) is 2.98. The van der Waals surface area contributed by atoms with Crippen LogP contribution in [0.2, 0.25) is 0 Å². The fourth-order valence-corrected chi connectivity index (χ4v) is 4.90. The van der Waals surface area contributed by atoms with Gasteiger partial charge in [-0.3, -0.25) is 24.6 Å². The van der Waals surface area contributed by atoms with Crippen LogP contribution < -0.4 is 10.7 Å². The van der Waals surface area contributed by atoms with Crippen molar-refractivity contribution in [2.45, 2.75) is 44.6 Å². The van der Waals surface area contributed by atoms with E-state index in [4.69, 9.17) is 0 Å².